The van der Waals surface area contributed by atoms with E-state index in [1.165, 1.54) is 17.5 Å². The zero-order valence-electron chi connectivity index (χ0n) is 14.9. The van der Waals surface area contributed by atoms with E-state index in [9.17, 15) is 0 Å². The molecule has 1 unspecified atom stereocenters. The lowest BCUT2D eigenvalue weighted by Gasteiger charge is -2.11. The maximum atomic E-state index is 5.98. The highest BCUT2D eigenvalue weighted by atomic mass is 15.1. The van der Waals surface area contributed by atoms with Gasteiger partial charge in [-0.3, -0.25) is 0 Å². The van der Waals surface area contributed by atoms with Gasteiger partial charge >= 0.3 is 0 Å². The molecule has 4 heteroatoms. The number of aliphatic imine (C=N–C) groups is 1. The summed E-state index contributed by atoms with van der Waals surface area (Å²) in [5, 5.41) is 0. The molecule has 130 valence electrons. The van der Waals surface area contributed by atoms with Crippen molar-refractivity contribution in [3.63, 3.8) is 0 Å². The second kappa shape index (κ2) is 7.43. The lowest BCUT2D eigenvalue weighted by atomic mass is 10.0. The number of benzene rings is 2. The van der Waals surface area contributed by atoms with Crippen molar-refractivity contribution in [3.8, 4) is 0 Å². The van der Waals surface area contributed by atoms with Gasteiger partial charge in [0.05, 0.1) is 5.69 Å². The molecule has 0 heterocycles. The van der Waals surface area contributed by atoms with Gasteiger partial charge in [-0.2, -0.15) is 0 Å². The summed E-state index contributed by atoms with van der Waals surface area (Å²) in [6.45, 7) is 0. The van der Waals surface area contributed by atoms with E-state index < -0.39 is 0 Å². The SMILES string of the molecule is CN(C)C(N)=CC(N)=Nc1cccc(C2C[C@H]2Cc2ccccc2)c1. The summed E-state index contributed by atoms with van der Waals surface area (Å²) < 4.78 is 0. The molecule has 1 saturated carbocycles. The lowest BCUT2D eigenvalue weighted by Crippen LogP contribution is -2.21. The fourth-order valence-corrected chi connectivity index (χ4v) is 3.09. The molecule has 4 nitrogen and oxygen atoms in total. The zero-order valence-corrected chi connectivity index (χ0v) is 14.9. The molecule has 0 saturated heterocycles. The van der Waals surface area contributed by atoms with Gasteiger partial charge in [-0.25, -0.2) is 4.99 Å². The second-order valence-corrected chi connectivity index (χ2v) is 6.89. The van der Waals surface area contributed by atoms with Crippen LogP contribution < -0.4 is 11.5 Å². The third-order valence-electron chi connectivity index (χ3n) is 4.63. The predicted octanol–water partition coefficient (Wildman–Crippen LogP) is 3.38. The summed E-state index contributed by atoms with van der Waals surface area (Å²) in [6.07, 6.45) is 4.07. The van der Waals surface area contributed by atoms with Crippen molar-refractivity contribution in [2.24, 2.45) is 22.4 Å². The first kappa shape index (κ1) is 17.1. The molecule has 0 aliphatic heterocycles. The molecule has 1 aliphatic rings. The van der Waals surface area contributed by atoms with E-state index in [1.807, 2.05) is 20.2 Å². The number of nitrogens with zero attached hydrogens (tertiary/aromatic N) is 2. The molecule has 0 amide bonds. The van der Waals surface area contributed by atoms with Gasteiger partial charge in [0.15, 0.2) is 0 Å². The molecule has 2 aromatic rings. The Morgan fingerprint density at radius 2 is 1.88 bits per heavy atom. The highest BCUT2D eigenvalue weighted by Crippen LogP contribution is 2.49. The maximum absolute atomic E-state index is 5.98. The Labute approximate surface area is 149 Å². The molecule has 2 atom stereocenters. The van der Waals surface area contributed by atoms with E-state index in [4.69, 9.17) is 11.5 Å². The van der Waals surface area contributed by atoms with Gasteiger partial charge in [0, 0.05) is 20.2 Å². The molecule has 2 aromatic carbocycles. The molecule has 1 aliphatic carbocycles. The fraction of sp³-hybridized carbons (Fsp3) is 0.286. The average molecular weight is 334 g/mol. The number of hydrogen-bond acceptors (Lipinski definition) is 3. The van der Waals surface area contributed by atoms with Crippen molar-refractivity contribution in [2.45, 2.75) is 18.8 Å². The molecule has 0 radical (unpaired) electrons. The quantitative estimate of drug-likeness (QED) is 0.628. The van der Waals surface area contributed by atoms with Gasteiger partial charge in [-0.05, 0) is 47.9 Å². The molecule has 0 spiro atoms. The molecular formula is C21H26N4. The highest BCUT2D eigenvalue weighted by Gasteiger charge is 2.37. The maximum Gasteiger partial charge on any atom is 0.127 e. The predicted molar refractivity (Wildman–Crippen MR) is 105 cm³/mol. The third-order valence-corrected chi connectivity index (χ3v) is 4.63. The molecule has 3 rings (SSSR count). The smallest absolute Gasteiger partial charge is 0.127 e. The van der Waals surface area contributed by atoms with Crippen molar-refractivity contribution in [1.82, 2.24) is 4.90 Å². The van der Waals surface area contributed by atoms with Crippen LogP contribution in [0.4, 0.5) is 5.69 Å². The topological polar surface area (TPSA) is 67.6 Å². The minimum absolute atomic E-state index is 0.417. The summed E-state index contributed by atoms with van der Waals surface area (Å²) in [5.41, 5.74) is 15.5. The van der Waals surface area contributed by atoms with Gasteiger partial charge in [0.2, 0.25) is 0 Å². The van der Waals surface area contributed by atoms with Crippen LogP contribution in [0.5, 0.6) is 0 Å². The van der Waals surface area contributed by atoms with Crippen LogP contribution in [0.2, 0.25) is 0 Å². The minimum atomic E-state index is 0.417. The van der Waals surface area contributed by atoms with E-state index in [-0.39, 0.29) is 0 Å². The molecule has 0 aromatic heterocycles. The van der Waals surface area contributed by atoms with Crippen molar-refractivity contribution < 1.29 is 0 Å². The highest BCUT2D eigenvalue weighted by molar-refractivity contribution is 5.93. The van der Waals surface area contributed by atoms with E-state index >= 15 is 0 Å². The molecule has 25 heavy (non-hydrogen) atoms. The molecule has 1 fully saturated rings. The van der Waals surface area contributed by atoms with Crippen molar-refractivity contribution in [3.05, 3.63) is 77.6 Å². The molecule has 0 bridgehead atoms. The van der Waals surface area contributed by atoms with Crippen molar-refractivity contribution in [2.75, 3.05) is 14.1 Å². The van der Waals surface area contributed by atoms with Gasteiger partial charge in [-0.15, -0.1) is 0 Å². The monoisotopic (exact) mass is 334 g/mol. The van der Waals surface area contributed by atoms with Crippen LogP contribution in [-0.4, -0.2) is 24.8 Å². The van der Waals surface area contributed by atoms with Crippen LogP contribution in [0.25, 0.3) is 0 Å². The number of amidine groups is 1. The third kappa shape index (κ3) is 4.63. The lowest BCUT2D eigenvalue weighted by molar-refractivity contribution is 0.506. The normalized spacial score (nSPS) is 20.4. The van der Waals surface area contributed by atoms with Gasteiger partial charge in [-0.1, -0.05) is 42.5 Å². The summed E-state index contributed by atoms with van der Waals surface area (Å²) in [6, 6.07) is 19.1. The number of rotatable bonds is 6. The number of nitrogens with two attached hydrogens (primary N) is 2. The second-order valence-electron chi connectivity index (χ2n) is 6.89. The average Bonchev–Trinajstić information content (AvgIpc) is 3.35. The van der Waals surface area contributed by atoms with E-state index in [2.05, 4.69) is 53.5 Å². The van der Waals surface area contributed by atoms with Crippen LogP contribution in [0.3, 0.4) is 0 Å². The molecule has 4 N–H and O–H groups in total. The van der Waals surface area contributed by atoms with E-state index in [1.54, 1.807) is 11.0 Å². The van der Waals surface area contributed by atoms with E-state index in [0.717, 1.165) is 18.0 Å². The largest absolute Gasteiger partial charge is 0.385 e. The van der Waals surface area contributed by atoms with Crippen LogP contribution in [0, 0.1) is 5.92 Å². The van der Waals surface area contributed by atoms with Gasteiger partial charge in [0.25, 0.3) is 0 Å². The summed E-state index contributed by atoms with van der Waals surface area (Å²) in [4.78, 5) is 6.28. The van der Waals surface area contributed by atoms with Crippen LogP contribution in [0.15, 0.2) is 71.5 Å². The summed E-state index contributed by atoms with van der Waals surface area (Å²) in [5.74, 6) is 2.35. The van der Waals surface area contributed by atoms with Gasteiger partial charge < -0.3 is 16.4 Å². The van der Waals surface area contributed by atoms with Crippen LogP contribution in [0.1, 0.15) is 23.5 Å². The minimum Gasteiger partial charge on any atom is -0.385 e. The van der Waals surface area contributed by atoms with Crippen molar-refractivity contribution in [1.29, 1.82) is 0 Å². The van der Waals surface area contributed by atoms with Crippen molar-refractivity contribution >= 4 is 11.5 Å². The Morgan fingerprint density at radius 3 is 2.60 bits per heavy atom. The van der Waals surface area contributed by atoms with E-state index in [0.29, 0.717) is 17.6 Å². The summed E-state index contributed by atoms with van der Waals surface area (Å²) >= 11 is 0. The zero-order chi connectivity index (χ0) is 17.8. The number of hydrogen-bond donors (Lipinski definition) is 2. The first-order chi connectivity index (χ1) is 12.0. The van der Waals surface area contributed by atoms with Crippen LogP contribution in [-0.2, 0) is 6.42 Å². The Hall–Kier alpha value is -2.75. The Bertz CT molecular complexity index is 777. The first-order valence-corrected chi connectivity index (χ1v) is 8.65. The Balaban J connectivity index is 1.68. The summed E-state index contributed by atoms with van der Waals surface area (Å²) in [7, 11) is 3.75. The fourth-order valence-electron chi connectivity index (χ4n) is 3.09. The Morgan fingerprint density at radius 1 is 1.12 bits per heavy atom. The van der Waals surface area contributed by atoms with Gasteiger partial charge in [0.1, 0.15) is 11.7 Å². The van der Waals surface area contributed by atoms with Crippen LogP contribution >= 0.6 is 0 Å². The standard InChI is InChI=1S/C21H26N4/c1-25(2)21(23)14-20(22)24-18-10-6-9-16(12-18)19-13-17(19)11-15-7-4-3-5-8-15/h3-10,12,14,17,19H,11,13,23H2,1-2H3,(H2,22,24)/t17-,19?/m1/s1. The molecular weight excluding hydrogens is 308 g/mol. The first-order valence-electron chi connectivity index (χ1n) is 8.65. The Kier molecular flexibility index (Phi) is 5.08.